The van der Waals surface area contributed by atoms with Crippen LogP contribution in [0, 0.1) is 5.92 Å². The van der Waals surface area contributed by atoms with E-state index in [1.165, 1.54) is 16.9 Å². The molecule has 0 fully saturated rings. The summed E-state index contributed by atoms with van der Waals surface area (Å²) in [5, 5.41) is 9.70. The minimum absolute atomic E-state index is 0.177. The van der Waals surface area contributed by atoms with Crippen LogP contribution >= 0.6 is 11.3 Å². The van der Waals surface area contributed by atoms with Crippen molar-refractivity contribution in [1.29, 1.82) is 0 Å². The van der Waals surface area contributed by atoms with E-state index in [9.17, 15) is 0 Å². The summed E-state index contributed by atoms with van der Waals surface area (Å²) < 4.78 is 12.3. The van der Waals surface area contributed by atoms with E-state index in [1.54, 1.807) is 42.6 Å². The van der Waals surface area contributed by atoms with Gasteiger partial charge in [-0.3, -0.25) is 0 Å². The van der Waals surface area contributed by atoms with E-state index in [0.717, 1.165) is 40.2 Å². The molecule has 0 amide bonds. The van der Waals surface area contributed by atoms with Gasteiger partial charge in [-0.05, 0) is 48.9 Å². The standard InChI is InChI=1S/C22H23N5O3S/c1-13-4-6-15-18(8-13)31-22-20(15)21-25-19(26-27(21)12-23-22)11-30-24-10-14-5-7-16(28-2)17(9-14)29-3/h5,7,9-10,12-13H,4,6,8,11H2,1-3H3. The first-order valence-corrected chi connectivity index (χ1v) is 11.0. The van der Waals surface area contributed by atoms with E-state index >= 15 is 0 Å². The van der Waals surface area contributed by atoms with Crippen molar-refractivity contribution >= 4 is 33.4 Å². The van der Waals surface area contributed by atoms with Crippen LogP contribution < -0.4 is 9.47 Å². The second-order valence-electron chi connectivity index (χ2n) is 7.70. The minimum Gasteiger partial charge on any atom is -0.493 e. The van der Waals surface area contributed by atoms with Crippen LogP contribution in [0.15, 0.2) is 29.7 Å². The maximum atomic E-state index is 5.44. The number of fused-ring (bicyclic) bond motifs is 5. The topological polar surface area (TPSA) is 83.1 Å². The van der Waals surface area contributed by atoms with Crippen molar-refractivity contribution in [1.82, 2.24) is 19.6 Å². The third-order valence-corrected chi connectivity index (χ3v) is 6.72. The molecule has 1 aromatic carbocycles. The first kappa shape index (κ1) is 19.7. The number of aryl methyl sites for hydroxylation is 1. The molecule has 0 N–H and O–H groups in total. The van der Waals surface area contributed by atoms with Crippen molar-refractivity contribution in [3.05, 3.63) is 46.4 Å². The number of oxime groups is 1. The van der Waals surface area contributed by atoms with Crippen molar-refractivity contribution < 1.29 is 14.3 Å². The molecule has 0 saturated carbocycles. The molecule has 3 heterocycles. The molecule has 0 bridgehead atoms. The average Bonchev–Trinajstić information content (AvgIpc) is 3.36. The molecular weight excluding hydrogens is 414 g/mol. The van der Waals surface area contributed by atoms with Gasteiger partial charge in [0.2, 0.25) is 0 Å². The summed E-state index contributed by atoms with van der Waals surface area (Å²) in [4.78, 5) is 17.2. The van der Waals surface area contributed by atoms with Gasteiger partial charge in [0.25, 0.3) is 0 Å². The Morgan fingerprint density at radius 2 is 2.13 bits per heavy atom. The van der Waals surface area contributed by atoms with Gasteiger partial charge in [-0.2, -0.15) is 0 Å². The number of hydrogen-bond acceptors (Lipinski definition) is 8. The Morgan fingerprint density at radius 3 is 2.97 bits per heavy atom. The quantitative estimate of drug-likeness (QED) is 0.335. The van der Waals surface area contributed by atoms with Crippen molar-refractivity contribution in [3.63, 3.8) is 0 Å². The van der Waals surface area contributed by atoms with E-state index in [4.69, 9.17) is 19.3 Å². The van der Waals surface area contributed by atoms with E-state index in [-0.39, 0.29) is 6.61 Å². The fourth-order valence-corrected chi connectivity index (χ4v) is 5.32. The molecule has 160 valence electrons. The number of thiophene rings is 1. The van der Waals surface area contributed by atoms with Crippen LogP contribution in [0.1, 0.15) is 35.2 Å². The molecule has 5 rings (SSSR count). The Balaban J connectivity index is 1.34. The predicted octanol–water partition coefficient (Wildman–Crippen LogP) is 4.03. The second-order valence-corrected chi connectivity index (χ2v) is 8.78. The van der Waals surface area contributed by atoms with Crippen LogP contribution in [0.5, 0.6) is 11.5 Å². The van der Waals surface area contributed by atoms with Crippen LogP contribution in [0.3, 0.4) is 0 Å². The number of ether oxygens (including phenoxy) is 2. The summed E-state index contributed by atoms with van der Waals surface area (Å²) in [5.41, 5.74) is 3.08. The lowest BCUT2D eigenvalue weighted by molar-refractivity contribution is 0.126. The van der Waals surface area contributed by atoms with Crippen LogP contribution in [-0.4, -0.2) is 40.0 Å². The van der Waals surface area contributed by atoms with E-state index in [0.29, 0.717) is 17.3 Å². The Bertz CT molecular complexity index is 1280. The zero-order valence-corrected chi connectivity index (χ0v) is 18.5. The predicted molar refractivity (Wildman–Crippen MR) is 119 cm³/mol. The number of benzene rings is 1. The fourth-order valence-electron chi connectivity index (χ4n) is 3.97. The molecule has 0 spiro atoms. The number of rotatable bonds is 6. The minimum atomic E-state index is 0.177. The van der Waals surface area contributed by atoms with Gasteiger partial charge < -0.3 is 14.3 Å². The third-order valence-electron chi connectivity index (χ3n) is 5.55. The summed E-state index contributed by atoms with van der Waals surface area (Å²) in [6.07, 6.45) is 6.75. The SMILES string of the molecule is COc1ccc(C=NOCc2nc3c4c5c(sc4ncn3n2)CC(C)CC5)cc1OC. The zero-order valence-electron chi connectivity index (χ0n) is 17.7. The van der Waals surface area contributed by atoms with E-state index in [2.05, 4.69) is 22.2 Å². The molecule has 0 radical (unpaired) electrons. The van der Waals surface area contributed by atoms with Gasteiger partial charge in [0, 0.05) is 10.4 Å². The van der Waals surface area contributed by atoms with Crippen molar-refractivity contribution in [3.8, 4) is 11.5 Å². The summed E-state index contributed by atoms with van der Waals surface area (Å²) in [6, 6.07) is 5.53. The summed E-state index contributed by atoms with van der Waals surface area (Å²) in [6.45, 7) is 2.49. The monoisotopic (exact) mass is 437 g/mol. The van der Waals surface area contributed by atoms with Crippen LogP contribution in [-0.2, 0) is 24.3 Å². The first-order valence-electron chi connectivity index (χ1n) is 10.2. The lowest BCUT2D eigenvalue weighted by atomic mass is 9.89. The molecule has 1 unspecified atom stereocenters. The lowest BCUT2D eigenvalue weighted by Gasteiger charge is -2.17. The van der Waals surface area contributed by atoms with Crippen molar-refractivity contribution in [2.45, 2.75) is 32.8 Å². The van der Waals surface area contributed by atoms with E-state index in [1.807, 2.05) is 18.2 Å². The van der Waals surface area contributed by atoms with Gasteiger partial charge in [-0.25, -0.2) is 14.5 Å². The Kier molecular flexibility index (Phi) is 5.19. The third kappa shape index (κ3) is 3.69. The second kappa shape index (κ2) is 8.14. The fraction of sp³-hybridized carbons (Fsp3) is 0.364. The Labute approximate surface area is 183 Å². The van der Waals surface area contributed by atoms with Gasteiger partial charge in [-0.1, -0.05) is 12.1 Å². The highest BCUT2D eigenvalue weighted by Gasteiger charge is 2.23. The highest BCUT2D eigenvalue weighted by atomic mass is 32.1. The molecule has 4 aromatic rings. The maximum absolute atomic E-state index is 5.44. The first-order chi connectivity index (χ1) is 15.2. The van der Waals surface area contributed by atoms with Gasteiger partial charge in [0.15, 0.2) is 29.6 Å². The molecule has 1 aliphatic rings. The molecule has 0 aliphatic heterocycles. The van der Waals surface area contributed by atoms with Crippen molar-refractivity contribution in [2.24, 2.45) is 11.1 Å². The Morgan fingerprint density at radius 1 is 1.26 bits per heavy atom. The zero-order chi connectivity index (χ0) is 21.4. The number of hydrogen-bond donors (Lipinski definition) is 0. The van der Waals surface area contributed by atoms with Gasteiger partial charge in [0.1, 0.15) is 11.2 Å². The normalized spacial score (nSPS) is 16.2. The number of nitrogens with zero attached hydrogens (tertiary/aromatic N) is 5. The lowest BCUT2D eigenvalue weighted by Crippen LogP contribution is -2.08. The highest BCUT2D eigenvalue weighted by molar-refractivity contribution is 7.19. The largest absolute Gasteiger partial charge is 0.493 e. The number of aromatic nitrogens is 4. The van der Waals surface area contributed by atoms with Crippen LogP contribution in [0.2, 0.25) is 0 Å². The van der Waals surface area contributed by atoms with Gasteiger partial charge >= 0.3 is 0 Å². The smallest absolute Gasteiger partial charge is 0.192 e. The van der Waals surface area contributed by atoms with Gasteiger partial charge in [-0.15, -0.1) is 16.4 Å². The molecule has 8 nitrogen and oxygen atoms in total. The highest BCUT2D eigenvalue weighted by Crippen LogP contribution is 2.38. The summed E-state index contributed by atoms with van der Waals surface area (Å²) >= 11 is 1.79. The Hall–Kier alpha value is -3.20. The molecule has 31 heavy (non-hydrogen) atoms. The average molecular weight is 438 g/mol. The molecule has 1 aliphatic carbocycles. The summed E-state index contributed by atoms with van der Waals surface area (Å²) in [5.74, 6) is 2.60. The summed E-state index contributed by atoms with van der Waals surface area (Å²) in [7, 11) is 3.20. The molecule has 0 saturated heterocycles. The maximum Gasteiger partial charge on any atom is 0.192 e. The van der Waals surface area contributed by atoms with Gasteiger partial charge in [0.05, 0.1) is 25.8 Å². The van der Waals surface area contributed by atoms with Crippen molar-refractivity contribution in [2.75, 3.05) is 14.2 Å². The molecule has 3 aromatic heterocycles. The van der Waals surface area contributed by atoms with Crippen LogP contribution in [0.4, 0.5) is 0 Å². The molecule has 9 heteroatoms. The molecular formula is C22H23N5O3S. The number of methoxy groups -OCH3 is 2. The van der Waals surface area contributed by atoms with Crippen LogP contribution in [0.25, 0.3) is 15.9 Å². The van der Waals surface area contributed by atoms with E-state index < -0.39 is 0 Å². The molecule has 1 atom stereocenters.